The fourth-order valence-corrected chi connectivity index (χ4v) is 3.65. The lowest BCUT2D eigenvalue weighted by atomic mass is 9.90. The first-order valence-corrected chi connectivity index (χ1v) is 7.90. The Morgan fingerprint density at radius 2 is 2.15 bits per heavy atom. The van der Waals surface area contributed by atoms with Crippen LogP contribution in [0.5, 0.6) is 0 Å². The van der Waals surface area contributed by atoms with Gasteiger partial charge in [0, 0.05) is 6.04 Å². The smallest absolute Gasteiger partial charge is 0.130 e. The van der Waals surface area contributed by atoms with Crippen LogP contribution in [0.15, 0.2) is 24.3 Å². The van der Waals surface area contributed by atoms with Crippen LogP contribution in [0.25, 0.3) is 11.0 Å². The summed E-state index contributed by atoms with van der Waals surface area (Å²) in [6, 6.07) is 8.96. The molecule has 3 nitrogen and oxygen atoms in total. The molecule has 1 fully saturated rings. The molecule has 1 aromatic heterocycles. The van der Waals surface area contributed by atoms with Crippen LogP contribution in [-0.4, -0.2) is 16.1 Å². The molecule has 0 spiro atoms. The largest absolute Gasteiger partial charge is 0.324 e. The van der Waals surface area contributed by atoms with Crippen molar-refractivity contribution in [2.45, 2.75) is 58.0 Å². The summed E-state index contributed by atoms with van der Waals surface area (Å²) in [7, 11) is 0. The zero-order chi connectivity index (χ0) is 14.2. The molecule has 108 valence electrons. The molecule has 0 radical (unpaired) electrons. The predicted octanol–water partition coefficient (Wildman–Crippen LogP) is 4.00. The zero-order valence-corrected chi connectivity index (χ0v) is 12.8. The van der Waals surface area contributed by atoms with Gasteiger partial charge in [-0.2, -0.15) is 0 Å². The molecule has 1 aromatic carbocycles. The second-order valence-electron chi connectivity index (χ2n) is 6.25. The molecule has 1 aliphatic rings. The lowest BCUT2D eigenvalue weighted by Crippen LogP contribution is -2.39. The number of rotatable bonds is 4. The van der Waals surface area contributed by atoms with Gasteiger partial charge in [-0.05, 0) is 51.8 Å². The van der Waals surface area contributed by atoms with Crippen molar-refractivity contribution in [1.82, 2.24) is 14.9 Å². The van der Waals surface area contributed by atoms with Crippen molar-refractivity contribution in [3.63, 3.8) is 0 Å². The number of imidazole rings is 1. The molecular weight excluding hydrogens is 246 g/mol. The Labute approximate surface area is 121 Å². The number of nitrogens with one attached hydrogen (secondary N) is 1. The fraction of sp³-hybridized carbons (Fsp3) is 0.588. The summed E-state index contributed by atoms with van der Waals surface area (Å²) in [5, 5.41) is 3.76. The molecule has 3 heteroatoms. The summed E-state index contributed by atoms with van der Waals surface area (Å²) >= 11 is 0. The number of aromatic nitrogens is 2. The number of nitrogens with zero attached hydrogens (tertiary/aromatic N) is 2. The van der Waals surface area contributed by atoms with Gasteiger partial charge in [0.05, 0.1) is 16.6 Å². The Kier molecular flexibility index (Phi) is 3.55. The summed E-state index contributed by atoms with van der Waals surface area (Å²) in [5.41, 5.74) is 2.47. The van der Waals surface area contributed by atoms with Gasteiger partial charge >= 0.3 is 0 Å². The van der Waals surface area contributed by atoms with Crippen molar-refractivity contribution in [3.05, 3.63) is 30.1 Å². The van der Waals surface area contributed by atoms with Gasteiger partial charge in [-0.25, -0.2) is 4.98 Å². The Morgan fingerprint density at radius 3 is 2.80 bits per heavy atom. The Hall–Kier alpha value is -1.35. The maximum absolute atomic E-state index is 5.01. The molecule has 0 bridgehead atoms. The van der Waals surface area contributed by atoms with E-state index in [2.05, 4.69) is 54.9 Å². The molecule has 1 unspecified atom stereocenters. The van der Waals surface area contributed by atoms with Crippen LogP contribution in [-0.2, 0) is 5.54 Å². The normalized spacial score (nSPS) is 23.0. The van der Waals surface area contributed by atoms with Gasteiger partial charge in [-0.3, -0.25) is 0 Å². The number of fused-ring (bicyclic) bond motifs is 1. The molecule has 1 N–H and O–H groups in total. The lowest BCUT2D eigenvalue weighted by molar-refractivity contribution is 0.316. The monoisotopic (exact) mass is 271 g/mol. The van der Waals surface area contributed by atoms with Gasteiger partial charge in [0.2, 0.25) is 0 Å². The van der Waals surface area contributed by atoms with E-state index in [0.29, 0.717) is 6.04 Å². The van der Waals surface area contributed by atoms with E-state index in [4.69, 9.17) is 4.98 Å². The van der Waals surface area contributed by atoms with E-state index in [0.717, 1.165) is 12.1 Å². The fourth-order valence-electron chi connectivity index (χ4n) is 3.65. The van der Waals surface area contributed by atoms with E-state index in [1.165, 1.54) is 37.0 Å². The second-order valence-corrected chi connectivity index (χ2v) is 6.25. The Morgan fingerprint density at radius 1 is 1.35 bits per heavy atom. The average Bonchev–Trinajstić information content (AvgIpc) is 3.03. The molecular formula is C17H25N3. The summed E-state index contributed by atoms with van der Waals surface area (Å²) in [5.74, 6) is 1.24. The van der Waals surface area contributed by atoms with Crippen molar-refractivity contribution in [3.8, 4) is 0 Å². The number of hydrogen-bond acceptors (Lipinski definition) is 2. The minimum absolute atomic E-state index is 0.0814. The highest BCUT2D eigenvalue weighted by atomic mass is 15.2. The quantitative estimate of drug-likeness (QED) is 0.911. The summed E-state index contributed by atoms with van der Waals surface area (Å²) < 4.78 is 2.43. The number of benzene rings is 1. The number of hydrogen-bond donors (Lipinski definition) is 1. The first kappa shape index (κ1) is 13.6. The minimum atomic E-state index is 0.0814. The van der Waals surface area contributed by atoms with Gasteiger partial charge in [-0.15, -0.1) is 0 Å². The van der Waals surface area contributed by atoms with Gasteiger partial charge in [0.1, 0.15) is 5.82 Å². The van der Waals surface area contributed by atoms with Crippen LogP contribution < -0.4 is 5.32 Å². The molecule has 20 heavy (non-hydrogen) atoms. The van der Waals surface area contributed by atoms with E-state index < -0.39 is 0 Å². The summed E-state index contributed by atoms with van der Waals surface area (Å²) in [6.07, 6.45) is 4.82. The van der Waals surface area contributed by atoms with E-state index in [9.17, 15) is 0 Å². The Balaban J connectivity index is 2.21. The van der Waals surface area contributed by atoms with Crippen LogP contribution in [0, 0.1) is 0 Å². The van der Waals surface area contributed by atoms with Crippen molar-refractivity contribution < 1.29 is 0 Å². The molecule has 0 aliphatic carbocycles. The van der Waals surface area contributed by atoms with Gasteiger partial charge in [-0.1, -0.05) is 25.5 Å². The molecule has 2 aromatic rings. The lowest BCUT2D eigenvalue weighted by Gasteiger charge is -2.30. The van der Waals surface area contributed by atoms with Crippen LogP contribution in [0.4, 0.5) is 0 Å². The highest BCUT2D eigenvalue weighted by Gasteiger charge is 2.39. The van der Waals surface area contributed by atoms with E-state index in [1.54, 1.807) is 0 Å². The topological polar surface area (TPSA) is 29.9 Å². The van der Waals surface area contributed by atoms with E-state index >= 15 is 0 Å². The zero-order valence-electron chi connectivity index (χ0n) is 12.8. The van der Waals surface area contributed by atoms with E-state index in [1.807, 2.05) is 0 Å². The summed E-state index contributed by atoms with van der Waals surface area (Å²) in [4.78, 5) is 5.01. The van der Waals surface area contributed by atoms with Gasteiger partial charge in [0.25, 0.3) is 0 Å². The molecule has 0 amide bonds. The molecule has 1 atom stereocenters. The Bertz CT molecular complexity index is 591. The van der Waals surface area contributed by atoms with Crippen LogP contribution >= 0.6 is 0 Å². The maximum atomic E-state index is 5.01. The molecule has 0 saturated carbocycles. The number of para-hydroxylation sites is 2. The molecule has 1 aliphatic heterocycles. The minimum Gasteiger partial charge on any atom is -0.324 e. The first-order chi connectivity index (χ1) is 9.68. The SMILES string of the molecule is CCCC1(c2nc3ccccc3n2C(C)C)CCCN1. The van der Waals surface area contributed by atoms with Crippen LogP contribution in [0.3, 0.4) is 0 Å². The summed E-state index contributed by atoms with van der Waals surface area (Å²) in [6.45, 7) is 7.89. The first-order valence-electron chi connectivity index (χ1n) is 7.90. The van der Waals surface area contributed by atoms with Crippen molar-refractivity contribution in [2.24, 2.45) is 0 Å². The third kappa shape index (κ3) is 2.05. The third-order valence-electron chi connectivity index (χ3n) is 4.46. The predicted molar refractivity (Wildman–Crippen MR) is 83.9 cm³/mol. The van der Waals surface area contributed by atoms with Gasteiger partial charge < -0.3 is 9.88 Å². The molecule has 3 rings (SSSR count). The highest BCUT2D eigenvalue weighted by molar-refractivity contribution is 5.76. The van der Waals surface area contributed by atoms with Crippen molar-refractivity contribution in [2.75, 3.05) is 6.54 Å². The van der Waals surface area contributed by atoms with Crippen molar-refractivity contribution in [1.29, 1.82) is 0 Å². The second kappa shape index (κ2) is 5.21. The van der Waals surface area contributed by atoms with Crippen LogP contribution in [0.2, 0.25) is 0 Å². The van der Waals surface area contributed by atoms with Crippen molar-refractivity contribution >= 4 is 11.0 Å². The third-order valence-corrected chi connectivity index (χ3v) is 4.46. The maximum Gasteiger partial charge on any atom is 0.130 e. The standard InChI is InChI=1S/C17H25N3/c1-4-10-17(11-7-12-18-17)16-19-14-8-5-6-9-15(14)20(16)13(2)3/h5-6,8-9,13,18H,4,7,10-12H2,1-3H3. The van der Waals surface area contributed by atoms with Crippen LogP contribution in [0.1, 0.15) is 58.3 Å². The highest BCUT2D eigenvalue weighted by Crippen LogP contribution is 2.37. The molecule has 1 saturated heterocycles. The van der Waals surface area contributed by atoms with E-state index in [-0.39, 0.29) is 5.54 Å². The molecule has 2 heterocycles. The van der Waals surface area contributed by atoms with Gasteiger partial charge in [0.15, 0.2) is 0 Å². The average molecular weight is 271 g/mol.